The first-order valence-corrected chi connectivity index (χ1v) is 18.8. The van der Waals surface area contributed by atoms with Gasteiger partial charge in [-0.15, -0.1) is 0 Å². The molecule has 2 aliphatic carbocycles. The molecule has 0 aromatic heterocycles. The molecule has 0 aliphatic heterocycles. The Bertz CT molecular complexity index is 1750. The molecular formula is C39H39Cl3Zr. The van der Waals surface area contributed by atoms with Crippen LogP contribution in [0.25, 0.3) is 11.1 Å². The molecule has 4 heteroatoms. The van der Waals surface area contributed by atoms with E-state index in [0.29, 0.717) is 0 Å². The molecule has 0 unspecified atom stereocenters. The minimum atomic E-state index is -2.73. The van der Waals surface area contributed by atoms with Crippen LogP contribution < -0.4 is 28.1 Å². The van der Waals surface area contributed by atoms with Crippen molar-refractivity contribution in [1.29, 1.82) is 0 Å². The Kier molecular flexibility index (Phi) is 10.4. The minimum absolute atomic E-state index is 0. The van der Waals surface area contributed by atoms with Gasteiger partial charge in [-0.1, -0.05) is 0 Å². The van der Waals surface area contributed by atoms with E-state index in [1.165, 1.54) is 42.2 Å². The summed E-state index contributed by atoms with van der Waals surface area (Å²) in [6.07, 6.45) is 9.10. The van der Waals surface area contributed by atoms with Crippen LogP contribution in [0, 0.1) is 0 Å². The normalized spacial score (nSPS) is 13.8. The van der Waals surface area contributed by atoms with Crippen molar-refractivity contribution < 1.29 is 46.1 Å². The average molecular weight is 705 g/mol. The van der Waals surface area contributed by atoms with Crippen molar-refractivity contribution in [2.24, 2.45) is 0 Å². The number of allylic oxidation sites excluding steroid dienone is 4. The second-order valence-corrected chi connectivity index (χ2v) is 20.0. The van der Waals surface area contributed by atoms with E-state index < -0.39 is 21.3 Å². The van der Waals surface area contributed by atoms with Crippen LogP contribution in [0.5, 0.6) is 0 Å². The topological polar surface area (TPSA) is 0 Å². The third-order valence-corrected chi connectivity index (χ3v) is 16.3. The Morgan fingerprint density at radius 1 is 0.698 bits per heavy atom. The molecule has 4 aromatic rings. The summed E-state index contributed by atoms with van der Waals surface area (Å²) in [5, 5.41) is 0.799. The second-order valence-electron chi connectivity index (χ2n) is 13.5. The third kappa shape index (κ3) is 6.82. The third-order valence-electron chi connectivity index (χ3n) is 8.54. The molecule has 220 valence electrons. The molecule has 0 nitrogen and oxygen atoms in total. The van der Waals surface area contributed by atoms with Crippen LogP contribution in [-0.2, 0) is 38.5 Å². The van der Waals surface area contributed by atoms with Gasteiger partial charge in [-0.3, -0.25) is 0 Å². The fourth-order valence-corrected chi connectivity index (χ4v) is 14.4. The average Bonchev–Trinajstić information content (AvgIpc) is 3.59. The molecule has 4 aromatic carbocycles. The van der Waals surface area contributed by atoms with Crippen LogP contribution >= 0.6 is 11.6 Å². The zero-order valence-corrected chi connectivity index (χ0v) is 30.6. The van der Waals surface area contributed by atoms with E-state index in [9.17, 15) is 0 Å². The maximum atomic E-state index is 6.66. The molecule has 6 rings (SSSR count). The first kappa shape index (κ1) is 33.9. The number of hydrogen-bond donors (Lipinski definition) is 0. The van der Waals surface area contributed by atoms with Crippen molar-refractivity contribution in [2.45, 2.75) is 65.2 Å². The van der Waals surface area contributed by atoms with Gasteiger partial charge in [0.2, 0.25) is 0 Å². The van der Waals surface area contributed by atoms with Gasteiger partial charge in [0.15, 0.2) is 0 Å². The molecule has 0 spiro atoms. The quantitative estimate of drug-likeness (QED) is 0.267. The Balaban J connectivity index is 0.00000212. The number of fused-ring (bicyclic) bond motifs is 3. The predicted octanol–water partition coefficient (Wildman–Crippen LogP) is 3.87. The van der Waals surface area contributed by atoms with Gasteiger partial charge in [-0.2, -0.15) is 0 Å². The van der Waals surface area contributed by atoms with Crippen LogP contribution in [0.1, 0.15) is 81.3 Å². The van der Waals surface area contributed by atoms with Crippen LogP contribution in [0.3, 0.4) is 0 Å². The van der Waals surface area contributed by atoms with Crippen LogP contribution in [0.2, 0.25) is 5.02 Å². The molecule has 0 fully saturated rings. The standard InChI is InChI=1S/C21H25.C13H9Cl.C5H5.2ClH.Zr/c1-20(2,3)16-9-7-14-11-15-8-10-17(21(4,5)6)13-19(15)18(14)12-16;14-13-8-4-7-12(10-13)9-11-5-2-1-3-6-11;1-2-4-5-3-1;;;/h7,9-10,12-13H,11H2,1-6H3;1-8,10H;1-3H,4H2;2*1H;/q;;;;;+2/p-2. The van der Waals surface area contributed by atoms with E-state index >= 15 is 0 Å². The second kappa shape index (κ2) is 13.1. The molecule has 0 amide bonds. The monoisotopic (exact) mass is 702 g/mol. The molecular weight excluding hydrogens is 666 g/mol. The first-order chi connectivity index (χ1) is 19.5. The van der Waals surface area contributed by atoms with Crippen molar-refractivity contribution in [3.8, 4) is 11.1 Å². The van der Waals surface area contributed by atoms with Gasteiger partial charge < -0.3 is 24.8 Å². The Morgan fingerprint density at radius 3 is 2.00 bits per heavy atom. The maximum Gasteiger partial charge on any atom is -1.00 e. The van der Waals surface area contributed by atoms with Crippen LogP contribution in [0.4, 0.5) is 0 Å². The molecule has 0 bridgehead atoms. The fourth-order valence-electron chi connectivity index (χ4n) is 6.20. The van der Waals surface area contributed by atoms with E-state index in [0.717, 1.165) is 17.9 Å². The summed E-state index contributed by atoms with van der Waals surface area (Å²) >= 11 is 3.93. The Morgan fingerprint density at radius 2 is 1.37 bits per heavy atom. The summed E-state index contributed by atoms with van der Waals surface area (Å²) in [5.41, 5.74) is 11.5. The zero-order valence-electron chi connectivity index (χ0n) is 25.9. The largest absolute Gasteiger partial charge is 1.00 e. The molecule has 0 atom stereocenters. The summed E-state index contributed by atoms with van der Waals surface area (Å²) in [7, 11) is 0. The van der Waals surface area contributed by atoms with E-state index in [1.54, 1.807) is 12.1 Å². The molecule has 43 heavy (non-hydrogen) atoms. The molecule has 0 saturated heterocycles. The Hall–Kier alpha value is -2.02. The smallest absolute Gasteiger partial charge is 1.00 e. The van der Waals surface area contributed by atoms with Crippen LogP contribution in [0.15, 0.2) is 106 Å². The van der Waals surface area contributed by atoms with Gasteiger partial charge in [0.1, 0.15) is 0 Å². The number of rotatable bonds is 4. The van der Waals surface area contributed by atoms with Crippen molar-refractivity contribution in [3.63, 3.8) is 0 Å². The predicted molar refractivity (Wildman–Crippen MR) is 175 cm³/mol. The summed E-state index contributed by atoms with van der Waals surface area (Å²) in [6.45, 7) is 14.0. The zero-order chi connectivity index (χ0) is 28.9. The summed E-state index contributed by atoms with van der Waals surface area (Å²) < 4.78 is 4.77. The van der Waals surface area contributed by atoms with Gasteiger partial charge >= 0.3 is 261 Å². The van der Waals surface area contributed by atoms with Gasteiger partial charge in [-0.05, 0) is 0 Å². The van der Waals surface area contributed by atoms with Crippen molar-refractivity contribution in [1.82, 2.24) is 0 Å². The minimum Gasteiger partial charge on any atom is -1.00 e. The van der Waals surface area contributed by atoms with E-state index in [4.69, 9.17) is 11.6 Å². The SMILES string of the molecule is CC(C)(C)c1ccc2c(c1)-c1cc(C(C)(C)C)c[c](/[Zr+2]([C]3=CC=CC3)=[C](/c3ccccc3)c3cccc(Cl)c3)c1C2.[Cl-].[Cl-]. The van der Waals surface area contributed by atoms with Crippen molar-refractivity contribution in [3.05, 3.63) is 145 Å². The summed E-state index contributed by atoms with van der Waals surface area (Å²) in [5.74, 6) is 0. The van der Waals surface area contributed by atoms with E-state index in [-0.39, 0.29) is 35.6 Å². The molecule has 0 saturated carbocycles. The first-order valence-electron chi connectivity index (χ1n) is 14.7. The van der Waals surface area contributed by atoms with Crippen molar-refractivity contribution in [2.75, 3.05) is 0 Å². The van der Waals surface area contributed by atoms with Gasteiger partial charge in [-0.25, -0.2) is 0 Å². The van der Waals surface area contributed by atoms with E-state index in [1.807, 2.05) is 6.07 Å². The van der Waals surface area contributed by atoms with Crippen molar-refractivity contribution >= 4 is 18.1 Å². The molecule has 2 aliphatic rings. The van der Waals surface area contributed by atoms with Gasteiger partial charge in [0, 0.05) is 0 Å². The molecule has 0 radical (unpaired) electrons. The van der Waals surface area contributed by atoms with Gasteiger partial charge in [0.05, 0.1) is 0 Å². The number of halogens is 3. The number of benzene rings is 4. The maximum absolute atomic E-state index is 6.66. The summed E-state index contributed by atoms with van der Waals surface area (Å²) in [6, 6.07) is 32.0. The fraction of sp³-hybridized carbons (Fsp3) is 0.256. The molecule has 0 heterocycles. The summed E-state index contributed by atoms with van der Waals surface area (Å²) in [4.78, 5) is 0. The van der Waals surface area contributed by atoms with E-state index in [2.05, 4.69) is 139 Å². The Labute approximate surface area is 283 Å². The van der Waals surface area contributed by atoms with Crippen LogP contribution in [-0.4, -0.2) is 3.21 Å². The van der Waals surface area contributed by atoms with Gasteiger partial charge in [0.25, 0.3) is 0 Å². The number of hydrogen-bond acceptors (Lipinski definition) is 0. The molecule has 0 N–H and O–H groups in total.